The molecule has 0 aliphatic carbocycles. The lowest BCUT2D eigenvalue weighted by Gasteiger charge is -2.19. The van der Waals surface area contributed by atoms with Crippen LogP contribution in [0, 0.1) is 12.7 Å². The van der Waals surface area contributed by atoms with E-state index in [1.165, 1.54) is 42.5 Å². The second kappa shape index (κ2) is 9.13. The number of hydrogen-bond donors (Lipinski definition) is 2. The molecule has 0 heterocycles. The maximum absolute atomic E-state index is 13.7. The van der Waals surface area contributed by atoms with E-state index in [-0.39, 0.29) is 22.8 Å². The third-order valence-corrected chi connectivity index (χ3v) is 5.36. The molecule has 0 atom stereocenters. The van der Waals surface area contributed by atoms with Crippen LogP contribution in [0.2, 0.25) is 0 Å². The fourth-order valence-corrected chi connectivity index (χ4v) is 3.85. The summed E-state index contributed by atoms with van der Waals surface area (Å²) in [7, 11) is 0. The number of alkyl halides is 3. The van der Waals surface area contributed by atoms with Gasteiger partial charge in [0.1, 0.15) is 23.1 Å². The molecule has 0 radical (unpaired) electrons. The summed E-state index contributed by atoms with van der Waals surface area (Å²) in [6.45, 7) is 1.77. The van der Waals surface area contributed by atoms with Crippen LogP contribution >= 0.6 is 0 Å². The fraction of sp³-hybridized carbons (Fsp3) is 0.0741. The number of fused-ring (bicyclic) bond motifs is 1. The largest absolute Gasteiger partial charge is 0.508 e. The Labute approximate surface area is 197 Å². The SMILES string of the molecule is Cc1cc2cc(O)ccc2c(Oc2ccc(C=CC(=O)O)c(C(F)(F)F)c2)c1-c1ccc(F)cc1. The van der Waals surface area contributed by atoms with Crippen LogP contribution in [0.3, 0.4) is 0 Å². The monoisotopic (exact) mass is 482 g/mol. The summed E-state index contributed by atoms with van der Waals surface area (Å²) < 4.78 is 60.8. The smallest absolute Gasteiger partial charge is 0.417 e. The van der Waals surface area contributed by atoms with E-state index in [1.807, 2.05) is 0 Å². The Morgan fingerprint density at radius 2 is 1.69 bits per heavy atom. The third-order valence-electron chi connectivity index (χ3n) is 5.36. The summed E-state index contributed by atoms with van der Waals surface area (Å²) in [6.07, 6.45) is -3.28. The lowest BCUT2D eigenvalue weighted by atomic mass is 9.94. The van der Waals surface area contributed by atoms with Crippen LogP contribution in [0.5, 0.6) is 17.2 Å². The number of carboxylic acids is 1. The van der Waals surface area contributed by atoms with Crippen molar-refractivity contribution in [3.8, 4) is 28.4 Å². The van der Waals surface area contributed by atoms with Crippen molar-refractivity contribution in [3.63, 3.8) is 0 Å². The molecule has 0 aromatic heterocycles. The van der Waals surface area contributed by atoms with Crippen LogP contribution in [0.15, 0.2) is 72.8 Å². The van der Waals surface area contributed by atoms with Crippen molar-refractivity contribution >= 4 is 22.8 Å². The summed E-state index contributed by atoms with van der Waals surface area (Å²) in [5.41, 5.74) is 0.440. The Kier molecular flexibility index (Phi) is 6.22. The highest BCUT2D eigenvalue weighted by atomic mass is 19.4. The first kappa shape index (κ1) is 23.8. The zero-order chi connectivity index (χ0) is 25.3. The number of phenolic OH excluding ortho intramolecular Hbond substituents is 1. The van der Waals surface area contributed by atoms with Gasteiger partial charge in [-0.05, 0) is 77.5 Å². The highest BCUT2D eigenvalue weighted by Gasteiger charge is 2.33. The van der Waals surface area contributed by atoms with E-state index in [0.717, 1.165) is 18.2 Å². The molecule has 0 aliphatic rings. The van der Waals surface area contributed by atoms with Gasteiger partial charge in [0.2, 0.25) is 0 Å². The first-order valence-corrected chi connectivity index (χ1v) is 10.4. The number of rotatable bonds is 5. The minimum Gasteiger partial charge on any atom is -0.508 e. The third kappa shape index (κ3) is 5.11. The van der Waals surface area contributed by atoms with Gasteiger partial charge in [-0.2, -0.15) is 13.2 Å². The highest BCUT2D eigenvalue weighted by Crippen LogP contribution is 2.44. The standard InChI is InChI=1S/C27H18F4O4/c1-15-12-18-13-20(32)8-10-22(18)26(25(15)17-2-6-19(28)7-3-17)35-21-9-4-16(5-11-24(33)34)23(14-21)27(29,30)31/h2-14,32H,1H3,(H,33,34). The van der Waals surface area contributed by atoms with E-state index in [9.17, 15) is 27.5 Å². The molecule has 4 aromatic carbocycles. The predicted molar refractivity (Wildman–Crippen MR) is 124 cm³/mol. The van der Waals surface area contributed by atoms with Gasteiger partial charge in [-0.15, -0.1) is 0 Å². The summed E-state index contributed by atoms with van der Waals surface area (Å²) in [5, 5.41) is 19.8. The van der Waals surface area contributed by atoms with Crippen LogP contribution < -0.4 is 4.74 Å². The second-order valence-corrected chi connectivity index (χ2v) is 7.83. The van der Waals surface area contributed by atoms with Gasteiger partial charge >= 0.3 is 12.1 Å². The Hall–Kier alpha value is -4.33. The van der Waals surface area contributed by atoms with Crippen molar-refractivity contribution in [2.75, 3.05) is 0 Å². The Morgan fingerprint density at radius 3 is 2.34 bits per heavy atom. The second-order valence-electron chi connectivity index (χ2n) is 7.83. The van der Waals surface area contributed by atoms with Crippen LogP contribution in [0.1, 0.15) is 16.7 Å². The van der Waals surface area contributed by atoms with Gasteiger partial charge in [0, 0.05) is 17.0 Å². The lowest BCUT2D eigenvalue weighted by Crippen LogP contribution is -2.08. The normalized spacial score (nSPS) is 11.8. The molecule has 0 aliphatic heterocycles. The van der Waals surface area contributed by atoms with Crippen LogP contribution in [0.25, 0.3) is 28.0 Å². The molecule has 8 heteroatoms. The molecule has 178 valence electrons. The van der Waals surface area contributed by atoms with Gasteiger partial charge in [0.25, 0.3) is 0 Å². The zero-order valence-corrected chi connectivity index (χ0v) is 18.2. The van der Waals surface area contributed by atoms with E-state index in [2.05, 4.69) is 0 Å². The molecule has 0 bridgehead atoms. The minimum atomic E-state index is -4.77. The topological polar surface area (TPSA) is 66.8 Å². The molecule has 0 unspecified atom stereocenters. The van der Waals surface area contributed by atoms with E-state index < -0.39 is 23.5 Å². The first-order chi connectivity index (χ1) is 16.5. The fourth-order valence-electron chi connectivity index (χ4n) is 3.85. The number of carboxylic acid groups (broad SMARTS) is 1. The molecule has 0 saturated carbocycles. The predicted octanol–water partition coefficient (Wildman–Crippen LogP) is 7.57. The van der Waals surface area contributed by atoms with Crippen molar-refractivity contribution in [3.05, 3.63) is 95.3 Å². The van der Waals surface area contributed by atoms with E-state index in [1.54, 1.807) is 19.1 Å². The number of benzene rings is 4. The van der Waals surface area contributed by atoms with Gasteiger partial charge in [-0.25, -0.2) is 9.18 Å². The van der Waals surface area contributed by atoms with Gasteiger partial charge in [-0.1, -0.05) is 24.3 Å². The van der Waals surface area contributed by atoms with Crippen molar-refractivity contribution in [1.82, 2.24) is 0 Å². The molecule has 0 fully saturated rings. The van der Waals surface area contributed by atoms with Crippen LogP contribution in [-0.2, 0) is 11.0 Å². The number of aryl methyl sites for hydroxylation is 1. The number of ether oxygens (including phenoxy) is 1. The highest BCUT2D eigenvalue weighted by molar-refractivity contribution is 5.97. The molecule has 0 spiro atoms. The number of hydrogen-bond acceptors (Lipinski definition) is 3. The van der Waals surface area contributed by atoms with Crippen molar-refractivity contribution < 1.29 is 37.3 Å². The van der Waals surface area contributed by atoms with Crippen molar-refractivity contribution in [2.24, 2.45) is 0 Å². The van der Waals surface area contributed by atoms with Crippen molar-refractivity contribution in [2.45, 2.75) is 13.1 Å². The quantitative estimate of drug-likeness (QED) is 0.227. The number of phenols is 1. The Bertz CT molecular complexity index is 1460. The minimum absolute atomic E-state index is 0.00584. The van der Waals surface area contributed by atoms with E-state index >= 15 is 0 Å². The molecule has 0 saturated heterocycles. The molecule has 0 amide bonds. The summed E-state index contributed by atoms with van der Waals surface area (Å²) in [4.78, 5) is 10.8. The molecular formula is C27H18F4O4. The Balaban J connectivity index is 1.92. The van der Waals surface area contributed by atoms with Gasteiger partial charge in [0.05, 0.1) is 5.56 Å². The average Bonchev–Trinajstić information content (AvgIpc) is 2.78. The number of halogens is 4. The molecule has 2 N–H and O–H groups in total. The number of aromatic hydroxyl groups is 1. The summed E-state index contributed by atoms with van der Waals surface area (Å²) in [6, 6.07) is 15.2. The molecule has 4 nitrogen and oxygen atoms in total. The lowest BCUT2D eigenvalue weighted by molar-refractivity contribution is -0.138. The number of carbonyl (C=O) groups is 1. The maximum atomic E-state index is 13.7. The summed E-state index contributed by atoms with van der Waals surface area (Å²) >= 11 is 0. The Morgan fingerprint density at radius 1 is 0.971 bits per heavy atom. The van der Waals surface area contributed by atoms with Gasteiger partial charge in [-0.3, -0.25) is 0 Å². The molecule has 35 heavy (non-hydrogen) atoms. The maximum Gasteiger partial charge on any atom is 0.417 e. The zero-order valence-electron chi connectivity index (χ0n) is 18.2. The van der Waals surface area contributed by atoms with Gasteiger partial charge in [0.15, 0.2) is 0 Å². The first-order valence-electron chi connectivity index (χ1n) is 10.4. The molecule has 4 aromatic rings. The molecular weight excluding hydrogens is 464 g/mol. The van der Waals surface area contributed by atoms with Crippen LogP contribution in [0.4, 0.5) is 17.6 Å². The van der Waals surface area contributed by atoms with Crippen molar-refractivity contribution in [1.29, 1.82) is 0 Å². The summed E-state index contributed by atoms with van der Waals surface area (Å²) in [5.74, 6) is -1.72. The van der Waals surface area contributed by atoms with E-state index in [4.69, 9.17) is 9.84 Å². The van der Waals surface area contributed by atoms with E-state index in [0.29, 0.717) is 33.5 Å². The number of aliphatic carboxylic acids is 1. The average molecular weight is 482 g/mol. The van der Waals surface area contributed by atoms with Gasteiger partial charge < -0.3 is 14.9 Å². The molecule has 4 rings (SSSR count). The van der Waals surface area contributed by atoms with Crippen LogP contribution in [-0.4, -0.2) is 16.2 Å².